The molecule has 2 aromatic carbocycles. The van der Waals surface area contributed by atoms with Crippen molar-refractivity contribution in [1.82, 2.24) is 9.55 Å². The van der Waals surface area contributed by atoms with E-state index in [4.69, 9.17) is 0 Å². The molecule has 0 saturated heterocycles. The molecule has 0 N–H and O–H groups in total. The van der Waals surface area contributed by atoms with E-state index in [0.29, 0.717) is 11.1 Å². The van der Waals surface area contributed by atoms with Crippen LogP contribution in [0.2, 0.25) is 0 Å². The Morgan fingerprint density at radius 1 is 1.13 bits per heavy atom. The highest BCUT2D eigenvalue weighted by molar-refractivity contribution is 5.90. The van der Waals surface area contributed by atoms with Gasteiger partial charge in [-0.25, -0.2) is 0 Å². The highest BCUT2D eigenvalue weighted by Crippen LogP contribution is 2.27. The van der Waals surface area contributed by atoms with E-state index in [1.165, 1.54) is 12.1 Å². The number of nitro groups is 1. The van der Waals surface area contributed by atoms with Crippen molar-refractivity contribution in [3.8, 4) is 11.8 Å². The van der Waals surface area contributed by atoms with E-state index in [-0.39, 0.29) is 5.69 Å². The SMILES string of the molecule is Cc1cc(/C=C(/C#N)c2cccc([N+](=O)[O-])c2)c(C)n1-c1ccc2ncccc2c1. The predicted octanol–water partition coefficient (Wildman–Crippen LogP) is 5.61. The van der Waals surface area contributed by atoms with Gasteiger partial charge in [-0.15, -0.1) is 0 Å². The summed E-state index contributed by atoms with van der Waals surface area (Å²) in [6, 6.07) is 20.3. The van der Waals surface area contributed by atoms with Gasteiger partial charge in [-0.3, -0.25) is 15.1 Å². The second-order valence-corrected chi connectivity index (χ2v) is 7.02. The van der Waals surface area contributed by atoms with Crippen molar-refractivity contribution >= 4 is 28.2 Å². The van der Waals surface area contributed by atoms with Gasteiger partial charge in [-0.05, 0) is 61.4 Å². The number of nitriles is 1. The molecule has 6 heteroatoms. The van der Waals surface area contributed by atoms with Crippen molar-refractivity contribution in [3.05, 3.63) is 99.5 Å². The van der Waals surface area contributed by atoms with Crippen LogP contribution in [0, 0.1) is 35.3 Å². The molecule has 4 rings (SSSR count). The summed E-state index contributed by atoms with van der Waals surface area (Å²) in [4.78, 5) is 15.0. The largest absolute Gasteiger partial charge is 0.318 e. The van der Waals surface area contributed by atoms with Crippen molar-refractivity contribution in [1.29, 1.82) is 5.26 Å². The van der Waals surface area contributed by atoms with Crippen LogP contribution in [0.3, 0.4) is 0 Å². The number of allylic oxidation sites excluding steroid dienone is 1. The third kappa shape index (κ3) is 3.45. The van der Waals surface area contributed by atoms with Crippen LogP contribution in [0.5, 0.6) is 0 Å². The summed E-state index contributed by atoms with van der Waals surface area (Å²) in [5.41, 5.74) is 5.70. The zero-order chi connectivity index (χ0) is 21.3. The molecule has 2 heterocycles. The summed E-state index contributed by atoms with van der Waals surface area (Å²) in [6.07, 6.45) is 3.55. The van der Waals surface area contributed by atoms with E-state index in [2.05, 4.69) is 21.7 Å². The highest BCUT2D eigenvalue weighted by atomic mass is 16.6. The Labute approximate surface area is 173 Å². The molecular formula is C24H18N4O2. The lowest BCUT2D eigenvalue weighted by Gasteiger charge is -2.10. The predicted molar refractivity (Wildman–Crippen MR) is 117 cm³/mol. The van der Waals surface area contributed by atoms with Gasteiger partial charge in [0, 0.05) is 40.8 Å². The number of nitro benzene ring substituents is 1. The fourth-order valence-corrected chi connectivity index (χ4v) is 3.66. The summed E-state index contributed by atoms with van der Waals surface area (Å²) < 4.78 is 2.13. The molecule has 0 aliphatic heterocycles. The lowest BCUT2D eigenvalue weighted by atomic mass is 10.0. The number of nitrogens with zero attached hydrogens (tertiary/aromatic N) is 4. The average molecular weight is 394 g/mol. The number of aryl methyl sites for hydroxylation is 1. The molecular weight excluding hydrogens is 376 g/mol. The fourth-order valence-electron chi connectivity index (χ4n) is 3.66. The summed E-state index contributed by atoms with van der Waals surface area (Å²) in [7, 11) is 0. The fraction of sp³-hybridized carbons (Fsp3) is 0.0833. The van der Waals surface area contributed by atoms with Crippen molar-refractivity contribution in [2.45, 2.75) is 13.8 Å². The molecule has 4 aromatic rings. The van der Waals surface area contributed by atoms with E-state index in [0.717, 1.165) is 33.5 Å². The van der Waals surface area contributed by atoms with Crippen LogP contribution in [0.1, 0.15) is 22.5 Å². The first kappa shape index (κ1) is 19.1. The third-order valence-corrected chi connectivity index (χ3v) is 5.10. The summed E-state index contributed by atoms with van der Waals surface area (Å²) in [5, 5.41) is 21.8. The van der Waals surface area contributed by atoms with Gasteiger partial charge in [0.15, 0.2) is 0 Å². The molecule has 146 valence electrons. The molecule has 0 atom stereocenters. The Hall–Kier alpha value is -4.24. The van der Waals surface area contributed by atoms with E-state index < -0.39 is 4.92 Å². The molecule has 0 aliphatic rings. The molecule has 0 unspecified atom stereocenters. The molecule has 6 nitrogen and oxygen atoms in total. The number of hydrogen-bond donors (Lipinski definition) is 0. The van der Waals surface area contributed by atoms with Gasteiger partial charge in [0.25, 0.3) is 5.69 Å². The minimum atomic E-state index is -0.459. The van der Waals surface area contributed by atoms with Gasteiger partial charge in [-0.2, -0.15) is 5.26 Å². The van der Waals surface area contributed by atoms with Gasteiger partial charge in [0.05, 0.1) is 22.1 Å². The number of aromatic nitrogens is 2. The third-order valence-electron chi connectivity index (χ3n) is 5.10. The Morgan fingerprint density at radius 2 is 1.97 bits per heavy atom. The van der Waals surface area contributed by atoms with Gasteiger partial charge >= 0.3 is 0 Å². The maximum Gasteiger partial charge on any atom is 0.270 e. The number of fused-ring (bicyclic) bond motifs is 1. The monoisotopic (exact) mass is 394 g/mol. The Morgan fingerprint density at radius 3 is 2.73 bits per heavy atom. The molecule has 0 bridgehead atoms. The van der Waals surface area contributed by atoms with Crippen LogP contribution in [-0.4, -0.2) is 14.5 Å². The zero-order valence-electron chi connectivity index (χ0n) is 16.5. The van der Waals surface area contributed by atoms with Gasteiger partial charge < -0.3 is 4.57 Å². The van der Waals surface area contributed by atoms with Crippen LogP contribution < -0.4 is 0 Å². The zero-order valence-corrected chi connectivity index (χ0v) is 16.5. The maximum absolute atomic E-state index is 11.1. The smallest absolute Gasteiger partial charge is 0.270 e. The first-order chi connectivity index (χ1) is 14.5. The van der Waals surface area contributed by atoms with E-state index in [1.54, 1.807) is 24.4 Å². The summed E-state index contributed by atoms with van der Waals surface area (Å²) >= 11 is 0. The molecule has 30 heavy (non-hydrogen) atoms. The van der Waals surface area contributed by atoms with E-state index >= 15 is 0 Å². The van der Waals surface area contributed by atoms with Gasteiger partial charge in [-0.1, -0.05) is 18.2 Å². The van der Waals surface area contributed by atoms with Crippen LogP contribution in [0.15, 0.2) is 66.9 Å². The first-order valence-electron chi connectivity index (χ1n) is 9.38. The number of non-ortho nitro benzene ring substituents is 1. The maximum atomic E-state index is 11.1. The molecule has 0 saturated carbocycles. The standard InChI is InChI=1S/C24H18N4O2/c1-16-11-20(12-21(15-25)18-5-3-7-23(13-18)28(29)30)17(2)27(16)22-8-9-24-19(14-22)6-4-10-26-24/h3-14H,1-2H3/b21-12-. The number of benzene rings is 2. The molecule has 0 aliphatic carbocycles. The number of pyridine rings is 1. The minimum Gasteiger partial charge on any atom is -0.318 e. The Balaban J connectivity index is 1.80. The lowest BCUT2D eigenvalue weighted by molar-refractivity contribution is -0.384. The topological polar surface area (TPSA) is 84.7 Å². The lowest BCUT2D eigenvalue weighted by Crippen LogP contribution is -1.99. The first-order valence-corrected chi connectivity index (χ1v) is 9.38. The molecule has 0 fully saturated rings. The minimum absolute atomic E-state index is 0.0381. The van der Waals surface area contributed by atoms with Gasteiger partial charge in [0.2, 0.25) is 0 Å². The molecule has 0 amide bonds. The quantitative estimate of drug-likeness (QED) is 0.256. The van der Waals surface area contributed by atoms with Crippen LogP contribution >= 0.6 is 0 Å². The van der Waals surface area contributed by atoms with Gasteiger partial charge in [0.1, 0.15) is 0 Å². The number of hydrogen-bond acceptors (Lipinski definition) is 4. The summed E-state index contributed by atoms with van der Waals surface area (Å²) in [6.45, 7) is 4.01. The molecule has 2 aromatic heterocycles. The van der Waals surface area contributed by atoms with E-state index in [9.17, 15) is 15.4 Å². The normalized spacial score (nSPS) is 11.4. The van der Waals surface area contributed by atoms with Crippen LogP contribution in [0.4, 0.5) is 5.69 Å². The van der Waals surface area contributed by atoms with Crippen LogP contribution in [-0.2, 0) is 0 Å². The van der Waals surface area contributed by atoms with Crippen LogP contribution in [0.25, 0.3) is 28.2 Å². The van der Waals surface area contributed by atoms with Crippen molar-refractivity contribution in [2.75, 3.05) is 0 Å². The summed E-state index contributed by atoms with van der Waals surface area (Å²) in [5.74, 6) is 0. The van der Waals surface area contributed by atoms with Crippen molar-refractivity contribution < 1.29 is 4.92 Å². The van der Waals surface area contributed by atoms with Crippen molar-refractivity contribution in [3.63, 3.8) is 0 Å². The Bertz CT molecular complexity index is 1360. The second kappa shape index (κ2) is 7.64. The Kier molecular flexibility index (Phi) is 4.87. The highest BCUT2D eigenvalue weighted by Gasteiger charge is 2.13. The van der Waals surface area contributed by atoms with Crippen molar-refractivity contribution in [2.24, 2.45) is 0 Å². The number of rotatable bonds is 4. The second-order valence-electron chi connectivity index (χ2n) is 7.02. The molecule has 0 spiro atoms. The molecule has 0 radical (unpaired) electrons. The average Bonchev–Trinajstić information content (AvgIpc) is 3.04. The van der Waals surface area contributed by atoms with E-state index in [1.807, 2.05) is 44.2 Å².